The Hall–Kier alpha value is -2.00. The standard InChI is InChI=1S/C18H26O7Si/c1-14(2)13-25-18(20)16-10-7-6-9-15(16)17(19)24-11-8-12-26(21-3,22-4)23-5/h6-7,9-10H,1,8,11-13H2,2-5H3. The first kappa shape index (κ1) is 22.0. The molecule has 0 unspecified atom stereocenters. The first-order valence-corrected chi connectivity index (χ1v) is 10.1. The zero-order valence-corrected chi connectivity index (χ0v) is 16.7. The highest BCUT2D eigenvalue weighted by Gasteiger charge is 2.37. The number of hydrogen-bond acceptors (Lipinski definition) is 7. The van der Waals surface area contributed by atoms with Crippen LogP contribution in [0.5, 0.6) is 0 Å². The summed E-state index contributed by atoms with van der Waals surface area (Å²) in [4.78, 5) is 24.4. The van der Waals surface area contributed by atoms with Gasteiger partial charge in [-0.15, -0.1) is 0 Å². The third-order valence-corrected chi connectivity index (χ3v) is 6.44. The molecule has 0 atom stereocenters. The van der Waals surface area contributed by atoms with Gasteiger partial charge in [0.2, 0.25) is 0 Å². The van der Waals surface area contributed by atoms with Crippen molar-refractivity contribution in [1.29, 1.82) is 0 Å². The molecule has 0 heterocycles. The summed E-state index contributed by atoms with van der Waals surface area (Å²) in [6.45, 7) is 5.67. The van der Waals surface area contributed by atoms with Crippen LogP contribution in [0.2, 0.25) is 6.04 Å². The van der Waals surface area contributed by atoms with Gasteiger partial charge in [-0.25, -0.2) is 9.59 Å². The average Bonchev–Trinajstić information content (AvgIpc) is 2.66. The van der Waals surface area contributed by atoms with Crippen LogP contribution in [-0.2, 0) is 22.8 Å². The molecule has 1 rings (SSSR count). The van der Waals surface area contributed by atoms with Crippen molar-refractivity contribution in [2.75, 3.05) is 34.5 Å². The zero-order chi connectivity index (χ0) is 19.6. The second-order valence-electron chi connectivity index (χ2n) is 5.61. The van der Waals surface area contributed by atoms with Crippen LogP contribution in [-0.4, -0.2) is 55.3 Å². The molecule has 0 amide bonds. The van der Waals surface area contributed by atoms with E-state index in [2.05, 4.69) is 6.58 Å². The average molecular weight is 382 g/mol. The lowest BCUT2D eigenvalue weighted by Crippen LogP contribution is -2.42. The van der Waals surface area contributed by atoms with Crippen molar-refractivity contribution in [3.8, 4) is 0 Å². The van der Waals surface area contributed by atoms with Crippen LogP contribution in [0.15, 0.2) is 36.4 Å². The van der Waals surface area contributed by atoms with Crippen molar-refractivity contribution in [2.45, 2.75) is 19.4 Å². The summed E-state index contributed by atoms with van der Waals surface area (Å²) >= 11 is 0. The predicted octanol–water partition coefficient (Wildman–Crippen LogP) is 2.84. The summed E-state index contributed by atoms with van der Waals surface area (Å²) in [7, 11) is 1.88. The minimum absolute atomic E-state index is 0.0972. The molecule has 1 aromatic rings. The topological polar surface area (TPSA) is 80.3 Å². The fourth-order valence-electron chi connectivity index (χ4n) is 2.19. The summed E-state index contributed by atoms with van der Waals surface area (Å²) < 4.78 is 26.3. The van der Waals surface area contributed by atoms with E-state index < -0.39 is 20.7 Å². The third kappa shape index (κ3) is 6.38. The Kier molecular flexibility index (Phi) is 9.21. The van der Waals surface area contributed by atoms with Crippen LogP contribution in [0.3, 0.4) is 0 Å². The molecule has 0 N–H and O–H groups in total. The van der Waals surface area contributed by atoms with Gasteiger partial charge in [-0.2, -0.15) is 0 Å². The Balaban J connectivity index is 2.65. The SMILES string of the molecule is C=C(C)COC(=O)c1ccccc1C(=O)OCCC[Si](OC)(OC)OC. The minimum Gasteiger partial charge on any atom is -0.462 e. The number of ether oxygens (including phenoxy) is 2. The second-order valence-corrected chi connectivity index (χ2v) is 8.70. The maximum absolute atomic E-state index is 12.3. The number of esters is 2. The first-order chi connectivity index (χ1) is 12.4. The summed E-state index contributed by atoms with van der Waals surface area (Å²) in [5, 5.41) is 0. The molecular weight excluding hydrogens is 356 g/mol. The number of benzene rings is 1. The van der Waals surface area contributed by atoms with Crippen molar-refractivity contribution in [3.05, 3.63) is 47.5 Å². The van der Waals surface area contributed by atoms with Crippen LogP contribution in [0.1, 0.15) is 34.1 Å². The Morgan fingerprint density at radius 2 is 1.46 bits per heavy atom. The van der Waals surface area contributed by atoms with E-state index in [1.807, 2.05) is 0 Å². The zero-order valence-electron chi connectivity index (χ0n) is 15.7. The maximum atomic E-state index is 12.3. The summed E-state index contributed by atoms with van der Waals surface area (Å²) in [5.41, 5.74) is 1.03. The Morgan fingerprint density at radius 3 is 1.92 bits per heavy atom. The summed E-state index contributed by atoms with van der Waals surface area (Å²) in [6, 6.07) is 6.87. The van der Waals surface area contributed by atoms with Crippen molar-refractivity contribution in [2.24, 2.45) is 0 Å². The predicted molar refractivity (Wildman–Crippen MR) is 98.0 cm³/mol. The van der Waals surface area contributed by atoms with Gasteiger partial charge in [0.05, 0.1) is 17.7 Å². The molecule has 0 aliphatic heterocycles. The van der Waals surface area contributed by atoms with Gasteiger partial charge >= 0.3 is 20.7 Å². The van der Waals surface area contributed by atoms with Gasteiger partial charge in [0.25, 0.3) is 0 Å². The lowest BCUT2D eigenvalue weighted by molar-refractivity contribution is 0.0465. The highest BCUT2D eigenvalue weighted by atomic mass is 28.4. The fourth-order valence-corrected chi connectivity index (χ4v) is 3.88. The molecular formula is C18H26O7Si. The Morgan fingerprint density at radius 1 is 0.962 bits per heavy atom. The van der Waals surface area contributed by atoms with Gasteiger partial charge in [0.1, 0.15) is 6.61 Å². The van der Waals surface area contributed by atoms with E-state index in [4.69, 9.17) is 22.8 Å². The molecule has 0 fully saturated rings. The van der Waals surface area contributed by atoms with Crippen LogP contribution in [0.25, 0.3) is 0 Å². The Bertz CT molecular complexity index is 617. The maximum Gasteiger partial charge on any atom is 0.500 e. The first-order valence-electron chi connectivity index (χ1n) is 8.12. The van der Waals surface area contributed by atoms with Crippen molar-refractivity contribution in [1.82, 2.24) is 0 Å². The highest BCUT2D eigenvalue weighted by molar-refractivity contribution is 6.60. The van der Waals surface area contributed by atoms with Gasteiger partial charge in [-0.05, 0) is 31.1 Å². The van der Waals surface area contributed by atoms with Gasteiger partial charge < -0.3 is 22.8 Å². The normalized spacial score (nSPS) is 11.1. The van der Waals surface area contributed by atoms with Crippen LogP contribution in [0, 0.1) is 0 Å². The molecule has 0 spiro atoms. The number of rotatable bonds is 11. The lowest BCUT2D eigenvalue weighted by atomic mass is 10.1. The van der Waals surface area contributed by atoms with Crippen molar-refractivity contribution in [3.63, 3.8) is 0 Å². The van der Waals surface area contributed by atoms with Crippen LogP contribution in [0.4, 0.5) is 0 Å². The fraction of sp³-hybridized carbons (Fsp3) is 0.444. The number of carbonyl (C=O) groups excluding carboxylic acids is 2. The highest BCUT2D eigenvalue weighted by Crippen LogP contribution is 2.16. The van der Waals surface area contributed by atoms with E-state index in [1.165, 1.54) is 33.5 Å². The molecule has 26 heavy (non-hydrogen) atoms. The molecule has 0 bridgehead atoms. The van der Waals surface area contributed by atoms with E-state index >= 15 is 0 Å². The molecule has 0 aromatic heterocycles. The summed E-state index contributed by atoms with van der Waals surface area (Å²) in [6.07, 6.45) is 0.510. The third-order valence-electron chi connectivity index (χ3n) is 3.61. The lowest BCUT2D eigenvalue weighted by Gasteiger charge is -2.24. The molecule has 0 radical (unpaired) electrons. The largest absolute Gasteiger partial charge is 0.500 e. The summed E-state index contributed by atoms with van der Waals surface area (Å²) in [5.74, 6) is -1.18. The van der Waals surface area contributed by atoms with Gasteiger partial charge in [0, 0.05) is 27.4 Å². The van der Waals surface area contributed by atoms with E-state index in [0.717, 1.165) is 0 Å². The molecule has 7 nitrogen and oxygen atoms in total. The van der Waals surface area contributed by atoms with Gasteiger partial charge in [0.15, 0.2) is 0 Å². The van der Waals surface area contributed by atoms with E-state index in [9.17, 15) is 9.59 Å². The monoisotopic (exact) mass is 382 g/mol. The quantitative estimate of drug-likeness (QED) is 0.252. The molecule has 144 valence electrons. The van der Waals surface area contributed by atoms with Gasteiger partial charge in [-0.3, -0.25) is 0 Å². The molecule has 8 heteroatoms. The van der Waals surface area contributed by atoms with Gasteiger partial charge in [-0.1, -0.05) is 18.7 Å². The number of hydrogen-bond donors (Lipinski definition) is 0. The second kappa shape index (κ2) is 10.9. The molecule has 0 aliphatic carbocycles. The molecule has 0 saturated heterocycles. The smallest absolute Gasteiger partial charge is 0.462 e. The Labute approximate surface area is 155 Å². The van der Waals surface area contributed by atoms with E-state index in [-0.39, 0.29) is 24.3 Å². The van der Waals surface area contributed by atoms with Crippen LogP contribution >= 0.6 is 0 Å². The number of carbonyl (C=O) groups is 2. The van der Waals surface area contributed by atoms with Crippen LogP contribution < -0.4 is 0 Å². The van der Waals surface area contributed by atoms with E-state index in [0.29, 0.717) is 18.0 Å². The minimum atomic E-state index is -2.69. The van der Waals surface area contributed by atoms with Crippen molar-refractivity contribution < 1.29 is 32.3 Å². The molecule has 1 aromatic carbocycles. The molecule has 0 saturated carbocycles. The van der Waals surface area contributed by atoms with Crippen molar-refractivity contribution >= 4 is 20.7 Å². The van der Waals surface area contributed by atoms with E-state index in [1.54, 1.807) is 19.1 Å². The molecule has 0 aliphatic rings.